The fourth-order valence-electron chi connectivity index (χ4n) is 0.835. The molecule has 0 aliphatic carbocycles. The molecule has 0 saturated heterocycles. The average molecular weight is 299 g/mol. The zero-order valence-corrected chi connectivity index (χ0v) is 11.7. The number of halogens is 1. The van der Waals surface area contributed by atoms with Gasteiger partial charge in [-0.15, -0.1) is 11.3 Å². The average Bonchev–Trinajstić information content (AvgIpc) is 2.47. The summed E-state index contributed by atoms with van der Waals surface area (Å²) < 4.78 is 26.6. The van der Waals surface area contributed by atoms with Crippen molar-refractivity contribution in [2.45, 2.75) is 30.7 Å². The van der Waals surface area contributed by atoms with Crippen LogP contribution in [0.2, 0.25) is 0 Å². The molecule has 0 atom stereocenters. The Kier molecular flexibility index (Phi) is 4.00. The Labute approximate surface area is 107 Å². The molecule has 0 bridgehead atoms. The van der Waals surface area contributed by atoms with Crippen LogP contribution in [0, 0.1) is 0 Å². The Bertz CT molecular complexity index is 518. The maximum atomic E-state index is 11.3. The van der Waals surface area contributed by atoms with Crippen LogP contribution < -0.4 is 5.32 Å². The Morgan fingerprint density at radius 3 is 2.53 bits per heavy atom. The van der Waals surface area contributed by atoms with E-state index in [4.69, 9.17) is 15.4 Å². The minimum Gasteiger partial charge on any atom is -0.444 e. The lowest BCUT2D eigenvalue weighted by molar-refractivity contribution is 0.0635. The molecule has 1 N–H and O–H groups in total. The lowest BCUT2D eigenvalue weighted by Crippen LogP contribution is -2.27. The number of ether oxygens (including phenoxy) is 1. The van der Waals surface area contributed by atoms with Crippen molar-refractivity contribution in [1.29, 1.82) is 0 Å². The monoisotopic (exact) mass is 298 g/mol. The van der Waals surface area contributed by atoms with Crippen LogP contribution in [0.3, 0.4) is 0 Å². The van der Waals surface area contributed by atoms with E-state index in [1.807, 2.05) is 0 Å². The Balaban J connectivity index is 2.71. The largest absolute Gasteiger partial charge is 0.444 e. The highest BCUT2D eigenvalue weighted by Crippen LogP contribution is 2.22. The third-order valence-corrected chi connectivity index (χ3v) is 4.12. The molecule has 0 unspecified atom stereocenters. The van der Waals surface area contributed by atoms with E-state index >= 15 is 0 Å². The molecule has 0 saturated carbocycles. The van der Waals surface area contributed by atoms with Crippen molar-refractivity contribution in [1.82, 2.24) is 4.98 Å². The Morgan fingerprint density at radius 1 is 1.53 bits per heavy atom. The van der Waals surface area contributed by atoms with Gasteiger partial charge in [-0.2, -0.15) is 0 Å². The van der Waals surface area contributed by atoms with Gasteiger partial charge in [-0.3, -0.25) is 5.32 Å². The molecular weight excluding hydrogens is 288 g/mol. The van der Waals surface area contributed by atoms with Gasteiger partial charge in [-0.25, -0.2) is 18.2 Å². The van der Waals surface area contributed by atoms with Gasteiger partial charge in [0, 0.05) is 16.1 Å². The maximum Gasteiger partial charge on any atom is 0.413 e. The highest BCUT2D eigenvalue weighted by molar-refractivity contribution is 8.14. The first kappa shape index (κ1) is 14.2. The van der Waals surface area contributed by atoms with Crippen LogP contribution in [-0.2, 0) is 13.8 Å². The standard InChI is InChI=1S/C8H11ClN2O4S2/c1-8(2,3)15-6(12)10-5-4-16-7(11-5)17(9,13)14/h4H,1-3H3,(H,10,12). The molecule has 0 aromatic carbocycles. The van der Waals surface area contributed by atoms with Crippen molar-refractivity contribution in [3.05, 3.63) is 5.38 Å². The Hall–Kier alpha value is -0.860. The summed E-state index contributed by atoms with van der Waals surface area (Å²) in [5, 5.41) is 3.67. The second-order valence-electron chi connectivity index (χ2n) is 4.06. The lowest BCUT2D eigenvalue weighted by Gasteiger charge is -2.18. The molecule has 1 aromatic heterocycles. The van der Waals surface area contributed by atoms with Gasteiger partial charge in [0.05, 0.1) is 0 Å². The van der Waals surface area contributed by atoms with E-state index in [1.165, 1.54) is 5.38 Å². The zero-order chi connectivity index (χ0) is 13.3. The molecule has 6 nitrogen and oxygen atoms in total. The molecule has 9 heteroatoms. The molecule has 96 valence electrons. The molecule has 0 spiro atoms. The third-order valence-electron chi connectivity index (χ3n) is 1.32. The maximum absolute atomic E-state index is 11.3. The van der Waals surface area contributed by atoms with Crippen molar-refractivity contribution >= 4 is 43.0 Å². The lowest BCUT2D eigenvalue weighted by atomic mass is 10.2. The van der Waals surface area contributed by atoms with Crippen molar-refractivity contribution < 1.29 is 17.9 Å². The number of carbonyl (C=O) groups is 1. The molecule has 1 heterocycles. The van der Waals surface area contributed by atoms with E-state index in [1.54, 1.807) is 20.8 Å². The van der Waals surface area contributed by atoms with Gasteiger partial charge in [0.25, 0.3) is 9.05 Å². The number of aromatic nitrogens is 1. The van der Waals surface area contributed by atoms with E-state index in [-0.39, 0.29) is 10.2 Å². The van der Waals surface area contributed by atoms with E-state index in [0.717, 1.165) is 11.3 Å². The van der Waals surface area contributed by atoms with Gasteiger partial charge >= 0.3 is 6.09 Å². The number of rotatable bonds is 2. The molecule has 0 aliphatic heterocycles. The fourth-order valence-corrected chi connectivity index (χ4v) is 2.55. The molecule has 0 fully saturated rings. The van der Waals surface area contributed by atoms with Crippen LogP contribution >= 0.6 is 22.0 Å². The number of hydrogen-bond donors (Lipinski definition) is 1. The summed E-state index contributed by atoms with van der Waals surface area (Å²) in [6.45, 7) is 5.13. The molecule has 1 aromatic rings. The predicted molar refractivity (Wildman–Crippen MR) is 65.0 cm³/mol. The van der Waals surface area contributed by atoms with E-state index < -0.39 is 20.7 Å². The molecular formula is C8H11ClN2O4S2. The van der Waals surface area contributed by atoms with Crippen LogP contribution in [-0.4, -0.2) is 25.1 Å². The van der Waals surface area contributed by atoms with E-state index in [9.17, 15) is 13.2 Å². The zero-order valence-electron chi connectivity index (χ0n) is 9.35. The summed E-state index contributed by atoms with van der Waals surface area (Å²) in [7, 11) is 1.23. The topological polar surface area (TPSA) is 85.4 Å². The molecule has 0 aliphatic rings. The van der Waals surface area contributed by atoms with Gasteiger partial charge in [0.2, 0.25) is 4.34 Å². The number of nitrogens with one attached hydrogen (secondary N) is 1. The third kappa shape index (κ3) is 4.88. The van der Waals surface area contributed by atoms with Crippen LogP contribution in [0.25, 0.3) is 0 Å². The highest BCUT2D eigenvalue weighted by atomic mass is 35.7. The van der Waals surface area contributed by atoms with Gasteiger partial charge in [0.15, 0.2) is 0 Å². The summed E-state index contributed by atoms with van der Waals surface area (Å²) in [6, 6.07) is 0. The van der Waals surface area contributed by atoms with Crippen LogP contribution in [0.1, 0.15) is 20.8 Å². The molecule has 17 heavy (non-hydrogen) atoms. The summed E-state index contributed by atoms with van der Waals surface area (Å²) in [6.07, 6.45) is -0.707. The van der Waals surface area contributed by atoms with Gasteiger partial charge in [0.1, 0.15) is 11.4 Å². The van der Waals surface area contributed by atoms with Gasteiger partial charge in [-0.05, 0) is 20.8 Å². The van der Waals surface area contributed by atoms with Crippen molar-refractivity contribution in [3.63, 3.8) is 0 Å². The SMILES string of the molecule is CC(C)(C)OC(=O)Nc1csc(S(=O)(=O)Cl)n1. The van der Waals surface area contributed by atoms with Crippen LogP contribution in [0.5, 0.6) is 0 Å². The quantitative estimate of drug-likeness (QED) is 0.847. The van der Waals surface area contributed by atoms with E-state index in [0.29, 0.717) is 0 Å². The second kappa shape index (κ2) is 4.79. The molecule has 1 rings (SSSR count). The van der Waals surface area contributed by atoms with Crippen LogP contribution in [0.15, 0.2) is 9.72 Å². The Morgan fingerprint density at radius 2 is 2.12 bits per heavy atom. The van der Waals surface area contributed by atoms with Crippen molar-refractivity contribution in [2.24, 2.45) is 0 Å². The van der Waals surface area contributed by atoms with Crippen molar-refractivity contribution in [2.75, 3.05) is 5.32 Å². The highest BCUT2D eigenvalue weighted by Gasteiger charge is 2.19. The van der Waals surface area contributed by atoms with Crippen molar-refractivity contribution in [3.8, 4) is 0 Å². The van der Waals surface area contributed by atoms with Gasteiger partial charge in [-0.1, -0.05) is 0 Å². The van der Waals surface area contributed by atoms with E-state index in [2.05, 4.69) is 10.3 Å². The normalized spacial score (nSPS) is 12.2. The number of amides is 1. The number of nitrogens with zero attached hydrogens (tertiary/aromatic N) is 1. The first-order valence-electron chi connectivity index (χ1n) is 4.48. The summed E-state index contributed by atoms with van der Waals surface area (Å²) in [5.74, 6) is 0.0866. The minimum atomic E-state index is -3.87. The van der Waals surface area contributed by atoms with Crippen LogP contribution in [0.4, 0.5) is 10.6 Å². The van der Waals surface area contributed by atoms with Gasteiger partial charge < -0.3 is 4.74 Å². The predicted octanol–water partition coefficient (Wildman–Crippen LogP) is 2.42. The first-order valence-corrected chi connectivity index (χ1v) is 7.67. The smallest absolute Gasteiger partial charge is 0.413 e. The second-order valence-corrected chi connectivity index (χ2v) is 7.66. The minimum absolute atomic E-state index is 0.0866. The fraction of sp³-hybridized carbons (Fsp3) is 0.500. The number of carbonyl (C=O) groups excluding carboxylic acids is 1. The number of thiazole rings is 1. The first-order chi connectivity index (χ1) is 7.58. The summed E-state index contributed by atoms with van der Waals surface area (Å²) in [5.41, 5.74) is -0.637. The molecule has 1 amide bonds. The molecule has 0 radical (unpaired) electrons. The number of anilines is 1. The number of hydrogen-bond acceptors (Lipinski definition) is 6. The summed E-state index contributed by atoms with van der Waals surface area (Å²) >= 11 is 0.815. The summed E-state index contributed by atoms with van der Waals surface area (Å²) in [4.78, 5) is 15.0.